The molecular weight excluding hydrogens is 251 g/mol. The molecule has 1 N–H and O–H groups in total. The summed E-state index contributed by atoms with van der Waals surface area (Å²) < 4.78 is 13.1. The van der Waals surface area contributed by atoms with Gasteiger partial charge in [-0.3, -0.25) is 0 Å². The molecule has 0 fully saturated rings. The summed E-state index contributed by atoms with van der Waals surface area (Å²) in [6.45, 7) is 4.32. The SMILES string of the molecule is CC(C)c1ccc(CC(O)Cc2cccc(F)c2)cc1. The van der Waals surface area contributed by atoms with Gasteiger partial charge in [0.1, 0.15) is 5.82 Å². The van der Waals surface area contributed by atoms with Crippen LogP contribution in [0.15, 0.2) is 48.5 Å². The summed E-state index contributed by atoms with van der Waals surface area (Å²) in [5, 5.41) is 10.1. The van der Waals surface area contributed by atoms with E-state index in [-0.39, 0.29) is 5.82 Å². The maximum atomic E-state index is 13.1. The van der Waals surface area contributed by atoms with Gasteiger partial charge in [0.05, 0.1) is 6.10 Å². The van der Waals surface area contributed by atoms with Gasteiger partial charge in [-0.15, -0.1) is 0 Å². The second-order valence-corrected chi connectivity index (χ2v) is 5.59. The van der Waals surface area contributed by atoms with Crippen molar-refractivity contribution in [2.24, 2.45) is 0 Å². The first-order chi connectivity index (χ1) is 9.54. The first kappa shape index (κ1) is 14.7. The third kappa shape index (κ3) is 4.17. The van der Waals surface area contributed by atoms with Gasteiger partial charge in [0.2, 0.25) is 0 Å². The minimum atomic E-state index is -0.485. The van der Waals surface area contributed by atoms with E-state index in [1.165, 1.54) is 17.7 Å². The predicted molar refractivity (Wildman–Crippen MR) is 80.3 cm³/mol. The molecule has 2 aromatic rings. The summed E-state index contributed by atoms with van der Waals surface area (Å²) in [5.41, 5.74) is 3.24. The summed E-state index contributed by atoms with van der Waals surface area (Å²) in [7, 11) is 0. The van der Waals surface area contributed by atoms with Crippen molar-refractivity contribution in [2.45, 2.75) is 38.7 Å². The van der Waals surface area contributed by atoms with Crippen LogP contribution in [0.25, 0.3) is 0 Å². The van der Waals surface area contributed by atoms with Crippen molar-refractivity contribution in [3.05, 3.63) is 71.0 Å². The van der Waals surface area contributed by atoms with Crippen molar-refractivity contribution in [1.82, 2.24) is 0 Å². The highest BCUT2D eigenvalue weighted by Gasteiger charge is 2.08. The summed E-state index contributed by atoms with van der Waals surface area (Å²) >= 11 is 0. The van der Waals surface area contributed by atoms with Gasteiger partial charge in [-0.05, 0) is 47.6 Å². The van der Waals surface area contributed by atoms with Crippen LogP contribution in [0.3, 0.4) is 0 Å². The van der Waals surface area contributed by atoms with Gasteiger partial charge in [-0.1, -0.05) is 50.2 Å². The smallest absolute Gasteiger partial charge is 0.123 e. The lowest BCUT2D eigenvalue weighted by atomic mass is 9.98. The van der Waals surface area contributed by atoms with E-state index < -0.39 is 6.10 Å². The molecular formula is C18H21FO. The molecule has 0 saturated heterocycles. The molecule has 2 heteroatoms. The predicted octanol–water partition coefficient (Wildman–Crippen LogP) is 4.10. The maximum absolute atomic E-state index is 13.1. The molecule has 0 spiro atoms. The van der Waals surface area contributed by atoms with Gasteiger partial charge in [0.15, 0.2) is 0 Å². The van der Waals surface area contributed by atoms with Crippen molar-refractivity contribution in [1.29, 1.82) is 0 Å². The van der Waals surface area contributed by atoms with Crippen molar-refractivity contribution in [3.8, 4) is 0 Å². The van der Waals surface area contributed by atoms with Crippen molar-refractivity contribution >= 4 is 0 Å². The van der Waals surface area contributed by atoms with Crippen LogP contribution >= 0.6 is 0 Å². The largest absolute Gasteiger partial charge is 0.392 e. The highest BCUT2D eigenvalue weighted by molar-refractivity contribution is 5.25. The molecule has 106 valence electrons. The second kappa shape index (κ2) is 6.67. The Morgan fingerprint density at radius 1 is 0.950 bits per heavy atom. The Balaban J connectivity index is 1.95. The lowest BCUT2D eigenvalue weighted by molar-refractivity contribution is 0.175. The quantitative estimate of drug-likeness (QED) is 0.869. The summed E-state index contributed by atoms with van der Waals surface area (Å²) in [5.74, 6) is 0.261. The van der Waals surface area contributed by atoms with Crippen LogP contribution in [-0.4, -0.2) is 11.2 Å². The number of hydrogen-bond acceptors (Lipinski definition) is 1. The average molecular weight is 272 g/mol. The average Bonchev–Trinajstić information content (AvgIpc) is 2.39. The van der Waals surface area contributed by atoms with Crippen LogP contribution < -0.4 is 0 Å². The highest BCUT2D eigenvalue weighted by atomic mass is 19.1. The van der Waals surface area contributed by atoms with Gasteiger partial charge >= 0.3 is 0 Å². The van der Waals surface area contributed by atoms with Gasteiger partial charge < -0.3 is 5.11 Å². The zero-order valence-corrected chi connectivity index (χ0v) is 12.0. The fraction of sp³-hybridized carbons (Fsp3) is 0.333. The molecule has 0 heterocycles. The summed E-state index contributed by atoms with van der Waals surface area (Å²) in [4.78, 5) is 0. The fourth-order valence-electron chi connectivity index (χ4n) is 2.32. The summed E-state index contributed by atoms with van der Waals surface area (Å²) in [6, 6.07) is 14.7. The van der Waals surface area contributed by atoms with E-state index in [2.05, 4.69) is 38.1 Å². The molecule has 2 aromatic carbocycles. The normalized spacial score (nSPS) is 12.7. The first-order valence-corrected chi connectivity index (χ1v) is 7.06. The van der Waals surface area contributed by atoms with Crippen molar-refractivity contribution < 1.29 is 9.50 Å². The van der Waals surface area contributed by atoms with Crippen LogP contribution in [0.5, 0.6) is 0 Å². The molecule has 0 aliphatic heterocycles. The minimum absolute atomic E-state index is 0.254. The van der Waals surface area contributed by atoms with Gasteiger partial charge in [0, 0.05) is 0 Å². The molecule has 0 aliphatic carbocycles. The van der Waals surface area contributed by atoms with Crippen LogP contribution in [0, 0.1) is 5.82 Å². The Kier molecular flexibility index (Phi) is 4.91. The number of halogens is 1. The van der Waals surface area contributed by atoms with Gasteiger partial charge in [0.25, 0.3) is 0 Å². The number of rotatable bonds is 5. The molecule has 0 saturated carbocycles. The second-order valence-electron chi connectivity index (χ2n) is 5.59. The van der Waals surface area contributed by atoms with E-state index in [0.29, 0.717) is 18.8 Å². The Hall–Kier alpha value is -1.67. The zero-order chi connectivity index (χ0) is 14.5. The van der Waals surface area contributed by atoms with E-state index in [1.54, 1.807) is 6.07 Å². The molecule has 2 rings (SSSR count). The molecule has 1 unspecified atom stereocenters. The van der Waals surface area contributed by atoms with E-state index >= 15 is 0 Å². The highest BCUT2D eigenvalue weighted by Crippen LogP contribution is 2.16. The maximum Gasteiger partial charge on any atom is 0.123 e. The molecule has 0 aromatic heterocycles. The molecule has 0 bridgehead atoms. The van der Waals surface area contributed by atoms with Gasteiger partial charge in [-0.2, -0.15) is 0 Å². The van der Waals surface area contributed by atoms with Crippen LogP contribution in [-0.2, 0) is 12.8 Å². The van der Waals surface area contributed by atoms with E-state index in [1.807, 2.05) is 6.07 Å². The third-order valence-electron chi connectivity index (χ3n) is 3.48. The molecule has 1 nitrogen and oxygen atoms in total. The monoisotopic (exact) mass is 272 g/mol. The van der Waals surface area contributed by atoms with E-state index in [9.17, 15) is 9.50 Å². The molecule has 20 heavy (non-hydrogen) atoms. The minimum Gasteiger partial charge on any atom is -0.392 e. The fourth-order valence-corrected chi connectivity index (χ4v) is 2.32. The van der Waals surface area contributed by atoms with Crippen LogP contribution in [0.1, 0.15) is 36.5 Å². The van der Waals surface area contributed by atoms with Crippen molar-refractivity contribution in [2.75, 3.05) is 0 Å². The molecule has 1 atom stereocenters. The lowest BCUT2D eigenvalue weighted by Gasteiger charge is -2.12. The number of aliphatic hydroxyl groups excluding tert-OH is 1. The van der Waals surface area contributed by atoms with E-state index in [4.69, 9.17) is 0 Å². The Morgan fingerprint density at radius 3 is 2.20 bits per heavy atom. The first-order valence-electron chi connectivity index (χ1n) is 7.06. The Bertz CT molecular complexity index is 546. The zero-order valence-electron chi connectivity index (χ0n) is 12.0. The van der Waals surface area contributed by atoms with Crippen LogP contribution in [0.4, 0.5) is 4.39 Å². The van der Waals surface area contributed by atoms with E-state index in [0.717, 1.165) is 11.1 Å². The topological polar surface area (TPSA) is 20.2 Å². The van der Waals surface area contributed by atoms with Gasteiger partial charge in [-0.25, -0.2) is 4.39 Å². The standard InChI is InChI=1S/C18H21FO/c1-13(2)16-8-6-14(7-9-16)11-18(20)12-15-4-3-5-17(19)10-15/h3-10,13,18,20H,11-12H2,1-2H3. The lowest BCUT2D eigenvalue weighted by Crippen LogP contribution is -2.14. The van der Waals surface area contributed by atoms with Crippen molar-refractivity contribution in [3.63, 3.8) is 0 Å². The Labute approximate surface area is 120 Å². The molecule has 0 aliphatic rings. The number of benzene rings is 2. The third-order valence-corrected chi connectivity index (χ3v) is 3.48. The number of hydrogen-bond donors (Lipinski definition) is 1. The molecule has 0 radical (unpaired) electrons. The molecule has 0 amide bonds. The Morgan fingerprint density at radius 2 is 1.60 bits per heavy atom. The summed E-state index contributed by atoms with van der Waals surface area (Å²) in [6.07, 6.45) is 0.583. The number of aliphatic hydroxyl groups is 1. The van der Waals surface area contributed by atoms with Crippen LogP contribution in [0.2, 0.25) is 0 Å².